The van der Waals surface area contributed by atoms with Gasteiger partial charge in [-0.05, 0) is 24.8 Å². The van der Waals surface area contributed by atoms with Crippen LogP contribution in [0.3, 0.4) is 0 Å². The highest BCUT2D eigenvalue weighted by molar-refractivity contribution is 5.86. The first-order chi connectivity index (χ1) is 6.92. The highest BCUT2D eigenvalue weighted by Crippen LogP contribution is 2.23. The Bertz CT molecular complexity index is 449. The number of rotatable bonds is 0. The largest absolute Gasteiger partial charge is 0.289 e. The van der Waals surface area contributed by atoms with Gasteiger partial charge in [-0.3, -0.25) is 9.78 Å². The molecule has 1 aliphatic carbocycles. The van der Waals surface area contributed by atoms with Crippen molar-refractivity contribution in [1.82, 2.24) is 4.98 Å². The molecule has 2 nitrogen and oxygen atoms in total. The predicted octanol–water partition coefficient (Wildman–Crippen LogP) is 1.61. The van der Waals surface area contributed by atoms with Crippen molar-refractivity contribution in [1.29, 1.82) is 0 Å². The summed E-state index contributed by atoms with van der Waals surface area (Å²) >= 11 is 0. The highest BCUT2D eigenvalue weighted by atomic mass is 16.1. The quantitative estimate of drug-likeness (QED) is 0.452. The van der Waals surface area contributed by atoms with Gasteiger partial charge in [0.05, 0.1) is 0 Å². The molecule has 0 aromatic carbocycles. The smallest absolute Gasteiger partial charge is 0.193 e. The second kappa shape index (κ2) is 3.89. The third-order valence-electron chi connectivity index (χ3n) is 2.18. The fourth-order valence-electron chi connectivity index (χ4n) is 1.57. The highest BCUT2D eigenvalue weighted by Gasteiger charge is 2.10. The van der Waals surface area contributed by atoms with E-state index < -0.39 is 0 Å². The molecule has 0 N–H and O–H groups in total. The van der Waals surface area contributed by atoms with E-state index >= 15 is 0 Å². The summed E-state index contributed by atoms with van der Waals surface area (Å²) in [5.41, 5.74) is 3.06. The van der Waals surface area contributed by atoms with Gasteiger partial charge in [0.25, 0.3) is 0 Å². The number of aldehydes is 1. The van der Waals surface area contributed by atoms with E-state index in [9.17, 15) is 4.79 Å². The molecule has 0 fully saturated rings. The van der Waals surface area contributed by atoms with Crippen molar-refractivity contribution in [3.8, 4) is 11.8 Å². The van der Waals surface area contributed by atoms with Gasteiger partial charge < -0.3 is 0 Å². The Morgan fingerprint density at radius 2 is 2.43 bits per heavy atom. The fraction of sp³-hybridized carbons (Fsp3) is 0.167. The molecule has 0 saturated carbocycles. The first-order valence-electron chi connectivity index (χ1n) is 4.51. The zero-order valence-electron chi connectivity index (χ0n) is 7.66. The Morgan fingerprint density at radius 3 is 3.29 bits per heavy atom. The van der Waals surface area contributed by atoms with E-state index in [0.717, 1.165) is 29.7 Å². The standard InChI is InChI=1S/C12H9NO/c14-9-3-5-10-4-1-7-12-11(10)6-2-8-13-12/h2,4,6,8-9H,1,7H2. The van der Waals surface area contributed by atoms with Crippen molar-refractivity contribution in [2.75, 3.05) is 0 Å². The van der Waals surface area contributed by atoms with Gasteiger partial charge in [-0.25, -0.2) is 0 Å². The maximum atomic E-state index is 10.1. The van der Waals surface area contributed by atoms with Crippen LogP contribution < -0.4 is 0 Å². The lowest BCUT2D eigenvalue weighted by atomic mass is 9.95. The Morgan fingerprint density at radius 1 is 1.50 bits per heavy atom. The second-order valence-corrected chi connectivity index (χ2v) is 3.04. The monoisotopic (exact) mass is 183 g/mol. The summed E-state index contributed by atoms with van der Waals surface area (Å²) in [5.74, 6) is 5.26. The maximum Gasteiger partial charge on any atom is 0.193 e. The van der Waals surface area contributed by atoms with Crippen LogP contribution >= 0.6 is 0 Å². The topological polar surface area (TPSA) is 30.0 Å². The number of fused-ring (bicyclic) bond motifs is 1. The zero-order valence-corrected chi connectivity index (χ0v) is 7.66. The lowest BCUT2D eigenvalue weighted by Gasteiger charge is -2.11. The Labute approximate surface area is 82.7 Å². The molecule has 14 heavy (non-hydrogen) atoms. The fourth-order valence-corrected chi connectivity index (χ4v) is 1.57. The molecule has 0 radical (unpaired) electrons. The lowest BCUT2D eigenvalue weighted by molar-refractivity contribution is -0.103. The molecular weight excluding hydrogens is 174 g/mol. The van der Waals surface area contributed by atoms with Crippen molar-refractivity contribution in [2.45, 2.75) is 12.8 Å². The predicted molar refractivity (Wildman–Crippen MR) is 54.4 cm³/mol. The third-order valence-corrected chi connectivity index (χ3v) is 2.18. The molecule has 68 valence electrons. The molecule has 2 rings (SSSR count). The molecule has 0 aliphatic heterocycles. The number of pyridine rings is 1. The van der Waals surface area contributed by atoms with E-state index in [1.54, 1.807) is 6.20 Å². The summed E-state index contributed by atoms with van der Waals surface area (Å²) < 4.78 is 0. The van der Waals surface area contributed by atoms with Crippen LogP contribution in [-0.4, -0.2) is 11.3 Å². The van der Waals surface area contributed by atoms with Gasteiger partial charge in [-0.15, -0.1) is 0 Å². The van der Waals surface area contributed by atoms with E-state index in [-0.39, 0.29) is 0 Å². The van der Waals surface area contributed by atoms with Crippen molar-refractivity contribution < 1.29 is 4.79 Å². The minimum absolute atomic E-state index is 0.617. The number of aryl methyl sites for hydroxylation is 1. The summed E-state index contributed by atoms with van der Waals surface area (Å²) in [7, 11) is 0. The van der Waals surface area contributed by atoms with Crippen LogP contribution in [0.4, 0.5) is 0 Å². The van der Waals surface area contributed by atoms with E-state index in [4.69, 9.17) is 0 Å². The zero-order chi connectivity index (χ0) is 9.80. The number of allylic oxidation sites excluding steroid dienone is 2. The van der Waals surface area contributed by atoms with Crippen molar-refractivity contribution >= 4 is 11.9 Å². The molecule has 0 saturated heterocycles. The molecule has 1 aliphatic rings. The summed E-state index contributed by atoms with van der Waals surface area (Å²) in [6.07, 6.45) is 6.37. The van der Waals surface area contributed by atoms with Gasteiger partial charge in [0, 0.05) is 23.0 Å². The van der Waals surface area contributed by atoms with Crippen LogP contribution in [0.1, 0.15) is 17.7 Å². The summed E-state index contributed by atoms with van der Waals surface area (Å²) in [6.45, 7) is 0. The van der Waals surface area contributed by atoms with Crippen molar-refractivity contribution in [3.05, 3.63) is 35.7 Å². The molecule has 0 spiro atoms. The van der Waals surface area contributed by atoms with E-state index in [1.807, 2.05) is 12.1 Å². The van der Waals surface area contributed by atoms with E-state index in [1.165, 1.54) is 0 Å². The first-order valence-corrected chi connectivity index (χ1v) is 4.51. The van der Waals surface area contributed by atoms with Gasteiger partial charge in [-0.1, -0.05) is 18.1 Å². The molecule has 0 atom stereocenters. The van der Waals surface area contributed by atoms with Crippen molar-refractivity contribution in [2.24, 2.45) is 0 Å². The van der Waals surface area contributed by atoms with Crippen molar-refractivity contribution in [3.63, 3.8) is 0 Å². The number of carbonyl (C=O) groups excluding carboxylic acids is 1. The van der Waals surface area contributed by atoms with Gasteiger partial charge in [0.1, 0.15) is 0 Å². The minimum Gasteiger partial charge on any atom is -0.289 e. The van der Waals surface area contributed by atoms with Gasteiger partial charge in [0.15, 0.2) is 6.29 Å². The van der Waals surface area contributed by atoms with Crippen LogP contribution in [0.15, 0.2) is 24.4 Å². The van der Waals surface area contributed by atoms with Crippen LogP contribution in [0.5, 0.6) is 0 Å². The molecule has 1 aromatic heterocycles. The molecule has 0 bridgehead atoms. The molecule has 0 amide bonds. The molecule has 0 unspecified atom stereocenters. The van der Waals surface area contributed by atoms with Crippen LogP contribution in [-0.2, 0) is 11.2 Å². The molecule has 1 aromatic rings. The molecule has 2 heteroatoms. The summed E-state index contributed by atoms with van der Waals surface area (Å²) in [5, 5.41) is 0. The maximum absolute atomic E-state index is 10.1. The number of carbonyl (C=O) groups is 1. The summed E-state index contributed by atoms with van der Waals surface area (Å²) in [4.78, 5) is 14.4. The average molecular weight is 183 g/mol. The van der Waals surface area contributed by atoms with Crippen LogP contribution in [0.25, 0.3) is 5.57 Å². The van der Waals surface area contributed by atoms with Gasteiger partial charge in [0.2, 0.25) is 0 Å². The van der Waals surface area contributed by atoms with Gasteiger partial charge in [-0.2, -0.15) is 0 Å². The van der Waals surface area contributed by atoms with Crippen LogP contribution in [0.2, 0.25) is 0 Å². The molecular formula is C12H9NO. The Balaban J connectivity index is 2.45. The Hall–Kier alpha value is -1.88. The number of hydrogen-bond donors (Lipinski definition) is 0. The first kappa shape index (κ1) is 8.71. The number of hydrogen-bond acceptors (Lipinski definition) is 2. The third kappa shape index (κ3) is 1.57. The number of nitrogens with zero attached hydrogens (tertiary/aromatic N) is 1. The second-order valence-electron chi connectivity index (χ2n) is 3.04. The van der Waals surface area contributed by atoms with E-state index in [2.05, 4.69) is 22.9 Å². The minimum atomic E-state index is 0.617. The van der Waals surface area contributed by atoms with Gasteiger partial charge >= 0.3 is 0 Å². The summed E-state index contributed by atoms with van der Waals surface area (Å²) in [6, 6.07) is 3.88. The van der Waals surface area contributed by atoms with Crippen LogP contribution in [0, 0.1) is 11.8 Å². The Kier molecular flexibility index (Phi) is 2.42. The SMILES string of the molecule is O=CC#CC1=CCCc2ncccc21. The lowest BCUT2D eigenvalue weighted by Crippen LogP contribution is -2.00. The molecule has 1 heterocycles. The number of aromatic nitrogens is 1. The normalized spacial score (nSPS) is 13.3. The van der Waals surface area contributed by atoms with E-state index in [0.29, 0.717) is 6.29 Å². The average Bonchev–Trinajstić information content (AvgIpc) is 2.26.